The summed E-state index contributed by atoms with van der Waals surface area (Å²) in [6, 6.07) is 0. The Morgan fingerprint density at radius 2 is 1.65 bits per heavy atom. The number of aliphatic imine (C=N–C) groups is 1. The Labute approximate surface area is 206 Å². The number of likely N-dealkylation sites (tertiary alicyclic amines) is 2. The number of halogens is 1. The number of nitrogens with zero attached hydrogens (tertiary/aromatic N) is 4. The fourth-order valence-electron chi connectivity index (χ4n) is 4.80. The lowest BCUT2D eigenvalue weighted by Gasteiger charge is -2.36. The molecule has 3 rings (SSSR count). The van der Waals surface area contributed by atoms with Gasteiger partial charge in [-0.2, -0.15) is 0 Å². The molecule has 0 aromatic carbocycles. The van der Waals surface area contributed by atoms with Crippen LogP contribution in [0.25, 0.3) is 0 Å². The van der Waals surface area contributed by atoms with E-state index < -0.39 is 0 Å². The van der Waals surface area contributed by atoms with E-state index >= 15 is 0 Å². The van der Waals surface area contributed by atoms with Gasteiger partial charge in [-0.15, -0.1) is 24.0 Å². The maximum atomic E-state index is 12.7. The van der Waals surface area contributed by atoms with Gasteiger partial charge in [0.15, 0.2) is 5.96 Å². The monoisotopic (exact) mass is 549 g/mol. The molecule has 7 nitrogen and oxygen atoms in total. The van der Waals surface area contributed by atoms with Crippen molar-refractivity contribution in [3.8, 4) is 0 Å². The number of unbranched alkanes of at least 4 members (excludes halogenated alkanes) is 2. The molecule has 0 bridgehead atoms. The quantitative estimate of drug-likeness (QED) is 0.219. The molecular weight excluding hydrogens is 505 g/mol. The predicted octanol–water partition coefficient (Wildman–Crippen LogP) is 2.80. The molecule has 0 radical (unpaired) electrons. The van der Waals surface area contributed by atoms with Gasteiger partial charge in [0.2, 0.25) is 5.91 Å². The molecule has 0 spiro atoms. The maximum Gasteiger partial charge on any atom is 0.225 e. The van der Waals surface area contributed by atoms with Crippen LogP contribution in [0.3, 0.4) is 0 Å². The van der Waals surface area contributed by atoms with Gasteiger partial charge in [-0.1, -0.05) is 12.8 Å². The highest BCUT2D eigenvalue weighted by atomic mass is 127. The summed E-state index contributed by atoms with van der Waals surface area (Å²) in [7, 11) is 0. The summed E-state index contributed by atoms with van der Waals surface area (Å²) in [6.45, 7) is 12.5. The third-order valence-electron chi connectivity index (χ3n) is 6.64. The smallest absolute Gasteiger partial charge is 0.225 e. The molecule has 3 fully saturated rings. The van der Waals surface area contributed by atoms with Crippen molar-refractivity contribution >= 4 is 35.8 Å². The predicted molar refractivity (Wildman–Crippen MR) is 137 cm³/mol. The standard InChI is InChI=1S/C23H43N5O2.HI/c1-2-24-23(25-11-5-3-6-12-26-13-7-4-8-14-26)28-15-9-21(10-16-28)22(29)27-17-19-30-20-18-27;/h21H,2-20H2,1H3,(H,24,25);1H. The van der Waals surface area contributed by atoms with E-state index in [-0.39, 0.29) is 29.9 Å². The van der Waals surface area contributed by atoms with Crippen LogP contribution in [0, 0.1) is 5.92 Å². The third kappa shape index (κ3) is 9.04. The number of nitrogens with one attached hydrogen (secondary N) is 1. The molecule has 3 saturated heterocycles. The second-order valence-corrected chi connectivity index (χ2v) is 8.90. The van der Waals surface area contributed by atoms with Crippen molar-refractivity contribution < 1.29 is 9.53 Å². The van der Waals surface area contributed by atoms with Crippen molar-refractivity contribution in [2.24, 2.45) is 10.9 Å². The Kier molecular flexibility index (Phi) is 13.1. The van der Waals surface area contributed by atoms with Crippen molar-refractivity contribution in [2.45, 2.75) is 58.3 Å². The average Bonchev–Trinajstić information content (AvgIpc) is 2.81. The third-order valence-corrected chi connectivity index (χ3v) is 6.64. The molecule has 0 aromatic heterocycles. The maximum absolute atomic E-state index is 12.7. The van der Waals surface area contributed by atoms with Crippen LogP contribution in [0.4, 0.5) is 0 Å². The first-order valence-corrected chi connectivity index (χ1v) is 12.4. The molecule has 1 N–H and O–H groups in total. The molecule has 0 unspecified atom stereocenters. The summed E-state index contributed by atoms with van der Waals surface area (Å²) in [5.41, 5.74) is 0. The number of piperidine rings is 2. The van der Waals surface area contributed by atoms with Crippen molar-refractivity contribution in [1.82, 2.24) is 20.0 Å². The van der Waals surface area contributed by atoms with Gasteiger partial charge in [-0.3, -0.25) is 9.79 Å². The SMILES string of the molecule is CCNC(=NCCCCCN1CCCCC1)N1CCC(C(=O)N2CCOCC2)CC1.I. The number of carbonyl (C=O) groups is 1. The molecule has 0 saturated carbocycles. The van der Waals surface area contributed by atoms with Crippen molar-refractivity contribution in [3.05, 3.63) is 0 Å². The molecule has 0 atom stereocenters. The van der Waals surface area contributed by atoms with Gasteiger partial charge in [0.1, 0.15) is 0 Å². The van der Waals surface area contributed by atoms with Gasteiger partial charge in [0.25, 0.3) is 0 Å². The number of morpholine rings is 1. The lowest BCUT2D eigenvalue weighted by atomic mass is 9.95. The molecule has 3 heterocycles. The minimum absolute atomic E-state index is 0. The average molecular weight is 550 g/mol. The fraction of sp³-hybridized carbons (Fsp3) is 0.913. The van der Waals surface area contributed by atoms with Crippen LogP contribution in [-0.2, 0) is 9.53 Å². The van der Waals surface area contributed by atoms with Crippen LogP contribution < -0.4 is 5.32 Å². The van der Waals surface area contributed by atoms with Crippen molar-refractivity contribution in [3.63, 3.8) is 0 Å². The van der Waals surface area contributed by atoms with E-state index in [1.807, 2.05) is 4.90 Å². The second-order valence-electron chi connectivity index (χ2n) is 8.90. The van der Waals surface area contributed by atoms with Crippen molar-refractivity contribution in [2.75, 3.05) is 72.1 Å². The van der Waals surface area contributed by atoms with E-state index in [4.69, 9.17) is 9.73 Å². The molecule has 3 aliphatic heterocycles. The summed E-state index contributed by atoms with van der Waals surface area (Å²) < 4.78 is 5.38. The topological polar surface area (TPSA) is 60.4 Å². The summed E-state index contributed by atoms with van der Waals surface area (Å²) in [5.74, 6) is 1.52. The number of amides is 1. The highest BCUT2D eigenvalue weighted by molar-refractivity contribution is 14.0. The van der Waals surface area contributed by atoms with Crippen LogP contribution in [-0.4, -0.2) is 98.7 Å². The van der Waals surface area contributed by atoms with Crippen LogP contribution in [0.2, 0.25) is 0 Å². The van der Waals surface area contributed by atoms with Gasteiger partial charge in [-0.05, 0) is 65.1 Å². The van der Waals surface area contributed by atoms with E-state index in [1.165, 1.54) is 51.7 Å². The number of hydrogen-bond donors (Lipinski definition) is 1. The number of rotatable bonds is 8. The summed E-state index contributed by atoms with van der Waals surface area (Å²) in [4.78, 5) is 24.6. The van der Waals surface area contributed by atoms with E-state index in [0.717, 1.165) is 64.5 Å². The number of guanidine groups is 1. The molecule has 0 aromatic rings. The first-order valence-electron chi connectivity index (χ1n) is 12.4. The van der Waals surface area contributed by atoms with Gasteiger partial charge < -0.3 is 24.8 Å². The molecular formula is C23H44IN5O2. The first-order chi connectivity index (χ1) is 14.8. The van der Waals surface area contributed by atoms with Crippen LogP contribution in [0.5, 0.6) is 0 Å². The number of ether oxygens (including phenoxy) is 1. The highest BCUT2D eigenvalue weighted by Crippen LogP contribution is 2.20. The van der Waals surface area contributed by atoms with Gasteiger partial charge >= 0.3 is 0 Å². The van der Waals surface area contributed by atoms with E-state index in [1.54, 1.807) is 0 Å². The molecule has 8 heteroatoms. The minimum Gasteiger partial charge on any atom is -0.378 e. The largest absolute Gasteiger partial charge is 0.378 e. The van der Waals surface area contributed by atoms with E-state index in [2.05, 4.69) is 22.0 Å². The minimum atomic E-state index is 0. The molecule has 180 valence electrons. The highest BCUT2D eigenvalue weighted by Gasteiger charge is 2.30. The Bertz CT molecular complexity index is 528. The summed E-state index contributed by atoms with van der Waals surface area (Å²) in [5, 5.41) is 3.46. The second kappa shape index (κ2) is 15.3. The molecule has 0 aliphatic carbocycles. The van der Waals surface area contributed by atoms with Crippen LogP contribution >= 0.6 is 24.0 Å². The van der Waals surface area contributed by atoms with E-state index in [9.17, 15) is 4.79 Å². The normalized spacial score (nSPS) is 21.6. The Hall–Kier alpha value is -0.610. The summed E-state index contributed by atoms with van der Waals surface area (Å²) in [6.07, 6.45) is 9.74. The Balaban J connectivity index is 0.00000341. The van der Waals surface area contributed by atoms with Gasteiger partial charge in [0.05, 0.1) is 13.2 Å². The van der Waals surface area contributed by atoms with Crippen LogP contribution in [0.1, 0.15) is 58.3 Å². The number of hydrogen-bond acceptors (Lipinski definition) is 4. The molecule has 3 aliphatic rings. The van der Waals surface area contributed by atoms with Gasteiger partial charge in [0, 0.05) is 45.2 Å². The summed E-state index contributed by atoms with van der Waals surface area (Å²) >= 11 is 0. The van der Waals surface area contributed by atoms with Crippen LogP contribution in [0.15, 0.2) is 4.99 Å². The Morgan fingerprint density at radius 1 is 0.935 bits per heavy atom. The molecule has 1 amide bonds. The van der Waals surface area contributed by atoms with Gasteiger partial charge in [-0.25, -0.2) is 0 Å². The van der Waals surface area contributed by atoms with Crippen molar-refractivity contribution in [1.29, 1.82) is 0 Å². The lowest BCUT2D eigenvalue weighted by Crippen LogP contribution is -2.50. The Morgan fingerprint density at radius 3 is 2.32 bits per heavy atom. The number of carbonyl (C=O) groups excluding carboxylic acids is 1. The fourth-order valence-corrected chi connectivity index (χ4v) is 4.80. The zero-order valence-corrected chi connectivity index (χ0v) is 21.9. The lowest BCUT2D eigenvalue weighted by molar-refractivity contribution is -0.140. The molecule has 31 heavy (non-hydrogen) atoms. The zero-order chi connectivity index (χ0) is 21.0. The first kappa shape index (κ1) is 26.6. The van der Waals surface area contributed by atoms with E-state index in [0.29, 0.717) is 19.1 Å². The zero-order valence-electron chi connectivity index (χ0n) is 19.5.